The van der Waals surface area contributed by atoms with Crippen molar-refractivity contribution in [3.8, 4) is 0 Å². The van der Waals surface area contributed by atoms with Crippen LogP contribution in [0.25, 0.3) is 5.70 Å². The largest absolute Gasteiger partial charge is 0.398 e. The van der Waals surface area contributed by atoms with Crippen LogP contribution in [-0.2, 0) is 0 Å². The highest BCUT2D eigenvalue weighted by Gasteiger charge is 2.12. The molecule has 22 heavy (non-hydrogen) atoms. The number of nitrogens with one attached hydrogen (secondary N) is 2. The van der Waals surface area contributed by atoms with Crippen LogP contribution in [0.3, 0.4) is 0 Å². The molecule has 2 aromatic rings. The summed E-state index contributed by atoms with van der Waals surface area (Å²) >= 11 is 0. The van der Waals surface area contributed by atoms with Crippen molar-refractivity contribution in [2.45, 2.75) is 0 Å². The van der Waals surface area contributed by atoms with Crippen molar-refractivity contribution in [1.82, 2.24) is 5.32 Å². The molecule has 0 atom stereocenters. The van der Waals surface area contributed by atoms with Crippen molar-refractivity contribution in [1.29, 1.82) is 5.41 Å². The third kappa shape index (κ3) is 3.38. The number of benzene rings is 2. The van der Waals surface area contributed by atoms with Crippen LogP contribution in [0.15, 0.2) is 54.6 Å². The molecule has 1 amide bonds. The van der Waals surface area contributed by atoms with E-state index < -0.39 is 0 Å². The minimum Gasteiger partial charge on any atom is -0.398 e. The van der Waals surface area contributed by atoms with E-state index in [1.165, 1.54) is 25.3 Å². The third-order valence-corrected chi connectivity index (χ3v) is 3.17. The summed E-state index contributed by atoms with van der Waals surface area (Å²) in [6.07, 6.45) is 1.45. The Morgan fingerprint density at radius 3 is 2.32 bits per heavy atom. The van der Waals surface area contributed by atoms with E-state index in [4.69, 9.17) is 11.1 Å². The molecular formula is C17H16FN3O. The number of nitrogens with two attached hydrogens (primary N) is 1. The molecule has 5 heteroatoms. The van der Waals surface area contributed by atoms with Gasteiger partial charge in [-0.15, -0.1) is 0 Å². The molecular weight excluding hydrogens is 281 g/mol. The van der Waals surface area contributed by atoms with Crippen LogP contribution >= 0.6 is 0 Å². The number of amides is 1. The lowest BCUT2D eigenvalue weighted by atomic mass is 10.0. The van der Waals surface area contributed by atoms with Crippen molar-refractivity contribution >= 4 is 17.3 Å². The van der Waals surface area contributed by atoms with Gasteiger partial charge >= 0.3 is 0 Å². The molecule has 4 nitrogen and oxygen atoms in total. The van der Waals surface area contributed by atoms with Gasteiger partial charge in [0.15, 0.2) is 0 Å². The first-order valence-corrected chi connectivity index (χ1v) is 6.66. The van der Waals surface area contributed by atoms with E-state index in [2.05, 4.69) is 5.32 Å². The summed E-state index contributed by atoms with van der Waals surface area (Å²) in [6, 6.07) is 12.5. The van der Waals surface area contributed by atoms with Crippen molar-refractivity contribution in [2.75, 3.05) is 7.05 Å². The second-order valence-electron chi connectivity index (χ2n) is 4.64. The van der Waals surface area contributed by atoms with Gasteiger partial charge in [0.25, 0.3) is 5.91 Å². The first kappa shape index (κ1) is 15.4. The first-order chi connectivity index (χ1) is 10.5. The molecule has 0 spiro atoms. The van der Waals surface area contributed by atoms with Crippen molar-refractivity contribution < 1.29 is 9.18 Å². The van der Waals surface area contributed by atoms with Gasteiger partial charge in [0.2, 0.25) is 0 Å². The van der Waals surface area contributed by atoms with Gasteiger partial charge in [0.05, 0.1) is 5.71 Å². The highest BCUT2D eigenvalue weighted by Crippen LogP contribution is 2.14. The summed E-state index contributed by atoms with van der Waals surface area (Å²) in [6.45, 7) is 0. The lowest BCUT2D eigenvalue weighted by Gasteiger charge is -2.08. The zero-order valence-electron chi connectivity index (χ0n) is 12.1. The Labute approximate surface area is 128 Å². The zero-order valence-corrected chi connectivity index (χ0v) is 12.1. The Bertz CT molecular complexity index is 736. The Balaban J connectivity index is 2.34. The Kier molecular flexibility index (Phi) is 4.68. The van der Waals surface area contributed by atoms with E-state index in [-0.39, 0.29) is 17.4 Å². The Hall–Kier alpha value is -2.95. The maximum Gasteiger partial charge on any atom is 0.251 e. The molecule has 0 saturated carbocycles. The minimum absolute atomic E-state index is 0.112. The molecule has 0 aromatic heterocycles. The van der Waals surface area contributed by atoms with Gasteiger partial charge < -0.3 is 16.5 Å². The number of allylic oxidation sites excluding steroid dienone is 1. The summed E-state index contributed by atoms with van der Waals surface area (Å²) in [4.78, 5) is 11.8. The fourth-order valence-corrected chi connectivity index (χ4v) is 2.01. The van der Waals surface area contributed by atoms with Crippen LogP contribution in [0.2, 0.25) is 0 Å². The topological polar surface area (TPSA) is 79.0 Å². The molecule has 2 aromatic carbocycles. The average molecular weight is 297 g/mol. The van der Waals surface area contributed by atoms with Crippen LogP contribution in [0.1, 0.15) is 21.5 Å². The standard InChI is InChI=1S/C17H16FN3O/c1-21-17(22)14-5-3-2-4-13(14)16(20)10-15(19)11-6-8-12(18)9-7-11/h2-10,20H,19H2,1H3,(H,21,22)/b15-10-,20-16?. The van der Waals surface area contributed by atoms with Gasteiger partial charge in [-0.2, -0.15) is 0 Å². The summed E-state index contributed by atoms with van der Waals surface area (Å²) < 4.78 is 12.9. The van der Waals surface area contributed by atoms with E-state index in [0.717, 1.165) is 0 Å². The monoisotopic (exact) mass is 297 g/mol. The molecule has 0 bridgehead atoms. The molecule has 0 heterocycles. The summed E-state index contributed by atoms with van der Waals surface area (Å²) in [5, 5.41) is 10.7. The van der Waals surface area contributed by atoms with E-state index in [0.29, 0.717) is 22.4 Å². The summed E-state index contributed by atoms with van der Waals surface area (Å²) in [5.74, 6) is -0.620. The van der Waals surface area contributed by atoms with Crippen LogP contribution in [0.4, 0.5) is 4.39 Å². The number of hydrogen-bond donors (Lipinski definition) is 3. The van der Waals surface area contributed by atoms with Crippen molar-refractivity contribution in [3.63, 3.8) is 0 Å². The number of hydrogen-bond acceptors (Lipinski definition) is 3. The van der Waals surface area contributed by atoms with Crippen LogP contribution in [-0.4, -0.2) is 18.7 Å². The van der Waals surface area contributed by atoms with Crippen molar-refractivity contribution in [3.05, 3.63) is 77.1 Å². The van der Waals surface area contributed by atoms with Gasteiger partial charge in [-0.05, 0) is 29.8 Å². The molecule has 0 fully saturated rings. The highest BCUT2D eigenvalue weighted by atomic mass is 19.1. The predicted octanol–water partition coefficient (Wildman–Crippen LogP) is 2.55. The number of carbonyl (C=O) groups is 1. The Morgan fingerprint density at radius 2 is 1.73 bits per heavy atom. The van der Waals surface area contributed by atoms with E-state index in [9.17, 15) is 9.18 Å². The van der Waals surface area contributed by atoms with Crippen LogP contribution in [0.5, 0.6) is 0 Å². The number of carbonyl (C=O) groups excluding carboxylic acids is 1. The Morgan fingerprint density at radius 1 is 1.14 bits per heavy atom. The highest BCUT2D eigenvalue weighted by molar-refractivity contribution is 6.15. The maximum atomic E-state index is 12.9. The molecule has 2 rings (SSSR count). The predicted molar refractivity (Wildman–Crippen MR) is 85.2 cm³/mol. The van der Waals surface area contributed by atoms with E-state index in [1.54, 1.807) is 36.4 Å². The van der Waals surface area contributed by atoms with Gasteiger partial charge in [0.1, 0.15) is 5.82 Å². The fourth-order valence-electron chi connectivity index (χ4n) is 2.01. The molecule has 0 aliphatic rings. The minimum atomic E-state index is -0.350. The average Bonchev–Trinajstić information content (AvgIpc) is 2.54. The van der Waals surface area contributed by atoms with Gasteiger partial charge in [-0.3, -0.25) is 4.79 Å². The van der Waals surface area contributed by atoms with Crippen LogP contribution in [0, 0.1) is 11.2 Å². The molecule has 0 aliphatic heterocycles. The number of rotatable bonds is 4. The normalized spacial score (nSPS) is 11.1. The third-order valence-electron chi connectivity index (χ3n) is 3.17. The molecule has 4 N–H and O–H groups in total. The molecule has 0 saturated heterocycles. The number of halogens is 1. The zero-order chi connectivity index (χ0) is 16.1. The van der Waals surface area contributed by atoms with Gasteiger partial charge in [-0.1, -0.05) is 30.3 Å². The fraction of sp³-hybridized carbons (Fsp3) is 0.0588. The molecule has 0 radical (unpaired) electrons. The second kappa shape index (κ2) is 6.67. The SMILES string of the molecule is CNC(=O)c1ccccc1C(=N)/C=C(\N)c1ccc(F)cc1. The second-order valence-corrected chi connectivity index (χ2v) is 4.64. The lowest BCUT2D eigenvalue weighted by Crippen LogP contribution is -2.20. The van der Waals surface area contributed by atoms with E-state index in [1.807, 2.05) is 0 Å². The summed E-state index contributed by atoms with van der Waals surface area (Å²) in [5.41, 5.74) is 7.88. The molecule has 0 unspecified atom stereocenters. The van der Waals surface area contributed by atoms with E-state index >= 15 is 0 Å². The first-order valence-electron chi connectivity index (χ1n) is 6.66. The maximum absolute atomic E-state index is 12.9. The van der Waals surface area contributed by atoms with Gasteiger partial charge in [0, 0.05) is 23.9 Å². The lowest BCUT2D eigenvalue weighted by molar-refractivity contribution is 0.0963. The quantitative estimate of drug-likeness (QED) is 0.758. The smallest absolute Gasteiger partial charge is 0.251 e. The van der Waals surface area contributed by atoms with Gasteiger partial charge in [-0.25, -0.2) is 4.39 Å². The van der Waals surface area contributed by atoms with Crippen LogP contribution < -0.4 is 11.1 Å². The molecule has 112 valence electrons. The molecule has 0 aliphatic carbocycles. The van der Waals surface area contributed by atoms with Crippen molar-refractivity contribution in [2.24, 2.45) is 5.73 Å². The summed E-state index contributed by atoms with van der Waals surface area (Å²) in [7, 11) is 1.53.